The van der Waals surface area contributed by atoms with Crippen LogP contribution in [0.3, 0.4) is 0 Å². The van der Waals surface area contributed by atoms with E-state index in [4.69, 9.17) is 14.3 Å². The average Bonchev–Trinajstić information content (AvgIpc) is 3.71. The summed E-state index contributed by atoms with van der Waals surface area (Å²) in [7, 11) is 0. The Kier molecular flexibility index (Phi) is 12.8. The number of benzene rings is 2. The van der Waals surface area contributed by atoms with E-state index in [1.807, 2.05) is 39.8 Å². The van der Waals surface area contributed by atoms with Gasteiger partial charge in [-0.2, -0.15) is 0 Å². The minimum absolute atomic E-state index is 0.302. The van der Waals surface area contributed by atoms with E-state index < -0.39 is 11.2 Å². The summed E-state index contributed by atoms with van der Waals surface area (Å²) < 4.78 is 30.1. The van der Waals surface area contributed by atoms with Gasteiger partial charge in [0.25, 0.3) is 5.91 Å². The van der Waals surface area contributed by atoms with E-state index in [1.54, 1.807) is 9.80 Å². The first-order valence-corrected chi connectivity index (χ1v) is 18.8. The Morgan fingerprint density at radius 2 is 1.92 bits per heavy atom. The maximum absolute atomic E-state index is 15.5. The number of aliphatic imine (C=N–C) groups is 1. The van der Waals surface area contributed by atoms with E-state index in [2.05, 4.69) is 47.1 Å². The molecule has 1 aliphatic heterocycles. The van der Waals surface area contributed by atoms with E-state index in [0.717, 1.165) is 83.4 Å². The molecule has 2 fully saturated rings. The quantitative estimate of drug-likeness (QED) is 0.0730. The molecule has 9 nitrogen and oxygen atoms in total. The molecule has 1 atom stereocenters. The fourth-order valence-electron chi connectivity index (χ4n) is 6.95. The Hall–Kier alpha value is -3.70. The van der Waals surface area contributed by atoms with E-state index in [9.17, 15) is 9.59 Å². The van der Waals surface area contributed by atoms with Crippen molar-refractivity contribution in [1.82, 2.24) is 15.0 Å². The van der Waals surface area contributed by atoms with Crippen molar-refractivity contribution in [3.8, 4) is 11.1 Å². The van der Waals surface area contributed by atoms with Crippen LogP contribution >= 0.6 is 11.9 Å². The van der Waals surface area contributed by atoms with Gasteiger partial charge in [-0.25, -0.2) is 4.39 Å². The molecule has 2 aromatic carbocycles. The van der Waals surface area contributed by atoms with Crippen LogP contribution in [0.4, 0.5) is 10.2 Å². The molecule has 1 saturated carbocycles. The van der Waals surface area contributed by atoms with Crippen LogP contribution in [0.2, 0.25) is 0 Å². The normalized spacial score (nSPS) is 19.1. The van der Waals surface area contributed by atoms with Gasteiger partial charge >= 0.3 is 0 Å². The Morgan fingerprint density at radius 1 is 1.14 bits per heavy atom. The summed E-state index contributed by atoms with van der Waals surface area (Å²) in [6.07, 6.45) is 6.95. The molecule has 1 unspecified atom stereocenters. The van der Waals surface area contributed by atoms with Crippen molar-refractivity contribution in [2.75, 3.05) is 24.4 Å². The van der Waals surface area contributed by atoms with E-state index in [0.29, 0.717) is 63.8 Å². The molecule has 5 rings (SSSR count). The van der Waals surface area contributed by atoms with E-state index in [1.165, 1.54) is 11.9 Å². The predicted molar refractivity (Wildman–Crippen MR) is 198 cm³/mol. The summed E-state index contributed by atoms with van der Waals surface area (Å²) in [6, 6.07) is 14.5. The lowest BCUT2D eigenvalue weighted by molar-refractivity contribution is -0.145. The van der Waals surface area contributed by atoms with Crippen LogP contribution < -0.4 is 4.72 Å². The zero-order valence-electron chi connectivity index (χ0n) is 30.2. The Bertz CT molecular complexity index is 1650. The molecule has 0 radical (unpaired) electrons. The van der Waals surface area contributed by atoms with Crippen molar-refractivity contribution in [2.24, 2.45) is 4.99 Å². The van der Waals surface area contributed by atoms with Crippen molar-refractivity contribution in [3.05, 3.63) is 64.9 Å². The number of carbonyl (C=O) groups is 2. The number of unbranched alkanes of at least 4 members (excludes halogenated alkanes) is 1. The number of alkyl halides is 1. The van der Waals surface area contributed by atoms with Gasteiger partial charge in [-0.05, 0) is 113 Å². The van der Waals surface area contributed by atoms with Crippen LogP contribution in [-0.2, 0) is 27.5 Å². The summed E-state index contributed by atoms with van der Waals surface area (Å²) in [5.74, 6) is 1.79. The summed E-state index contributed by atoms with van der Waals surface area (Å²) in [5.41, 5.74) is 2.70. The average molecular weight is 706 g/mol. The number of ether oxygens (including phenoxy) is 1. The molecular formula is C39H52FN5O4S. The Labute approximate surface area is 300 Å². The fraction of sp³-hybridized carbons (Fsp3) is 0.538. The molecule has 2 heterocycles. The van der Waals surface area contributed by atoms with Crippen LogP contribution in [0.5, 0.6) is 0 Å². The zero-order chi connectivity index (χ0) is 35.7. The van der Waals surface area contributed by atoms with Gasteiger partial charge in [-0.1, -0.05) is 54.9 Å². The van der Waals surface area contributed by atoms with Gasteiger partial charge in [0.2, 0.25) is 6.41 Å². The van der Waals surface area contributed by atoms with Crippen molar-refractivity contribution >= 4 is 35.9 Å². The third-order valence-electron chi connectivity index (χ3n) is 9.93. The highest BCUT2D eigenvalue weighted by Gasteiger charge is 2.46. The fourth-order valence-corrected chi connectivity index (χ4v) is 7.78. The molecule has 0 spiro atoms. The molecule has 1 aliphatic carbocycles. The number of carbonyl (C=O) groups excluding carboxylic acids is 2. The minimum Gasteiger partial charge on any atom is -0.377 e. The second-order valence-electron chi connectivity index (χ2n) is 13.9. The smallest absolute Gasteiger partial charge is 0.260 e. The molecule has 1 N–H and O–H groups in total. The minimum atomic E-state index is -1.75. The number of amides is 2. The first-order valence-electron chi connectivity index (χ1n) is 18.0. The lowest BCUT2D eigenvalue weighted by atomic mass is 9.90. The van der Waals surface area contributed by atoms with Gasteiger partial charge in [0.1, 0.15) is 11.6 Å². The first-order chi connectivity index (χ1) is 24.1. The van der Waals surface area contributed by atoms with Gasteiger partial charge < -0.3 is 18.9 Å². The molecule has 0 bridgehead atoms. The SMILES string of the molecule is CCCCC(=NC1(C)CCCN(C(=O)C2(F)CCCC2)C1)N(C=O)Cc1ccc(-c2ccccc2SNc2noc(C)c2C)c(COCC)c1. The van der Waals surface area contributed by atoms with Crippen molar-refractivity contribution in [2.45, 2.75) is 122 Å². The third-order valence-corrected chi connectivity index (χ3v) is 10.8. The molecular weight excluding hydrogens is 654 g/mol. The summed E-state index contributed by atoms with van der Waals surface area (Å²) in [5, 5.41) is 4.14. The number of likely N-dealkylation sites (tertiary alicyclic amines) is 1. The third kappa shape index (κ3) is 8.96. The molecule has 50 heavy (non-hydrogen) atoms. The number of anilines is 1. The number of hydrogen-bond donors (Lipinski definition) is 1. The van der Waals surface area contributed by atoms with Crippen molar-refractivity contribution in [1.29, 1.82) is 0 Å². The molecule has 3 aromatic rings. The summed E-state index contributed by atoms with van der Waals surface area (Å²) in [6.45, 7) is 12.2. The maximum atomic E-state index is 15.5. The monoisotopic (exact) mass is 705 g/mol. The first kappa shape index (κ1) is 37.6. The van der Waals surface area contributed by atoms with Crippen molar-refractivity contribution in [3.63, 3.8) is 0 Å². The maximum Gasteiger partial charge on any atom is 0.260 e. The lowest BCUT2D eigenvalue weighted by Gasteiger charge is -2.41. The zero-order valence-corrected chi connectivity index (χ0v) is 31.0. The van der Waals surface area contributed by atoms with Gasteiger partial charge in [-0.3, -0.25) is 19.5 Å². The van der Waals surface area contributed by atoms with Crippen LogP contribution in [0.15, 0.2) is 56.9 Å². The highest BCUT2D eigenvalue weighted by Crippen LogP contribution is 2.38. The Balaban J connectivity index is 1.39. The van der Waals surface area contributed by atoms with E-state index in [-0.39, 0.29) is 5.91 Å². The number of rotatable bonds is 15. The van der Waals surface area contributed by atoms with Gasteiger partial charge in [0.15, 0.2) is 11.5 Å². The number of hydrogen-bond acceptors (Lipinski definition) is 8. The molecule has 2 amide bonds. The van der Waals surface area contributed by atoms with Crippen LogP contribution in [0.1, 0.15) is 101 Å². The van der Waals surface area contributed by atoms with Gasteiger partial charge in [0, 0.05) is 36.6 Å². The summed E-state index contributed by atoms with van der Waals surface area (Å²) >= 11 is 1.48. The molecule has 1 aromatic heterocycles. The standard InChI is InChI=1S/C39H52FN5O4S/c1-6-8-16-35(41-38(5)19-13-22-44(26-38)37(47)39(40)20-11-12-21-39)45(27-46)24-30-17-18-32(31(23-30)25-48-7-2)33-14-9-10-15-34(33)50-43-36-28(3)29(4)49-42-36/h9-10,14-15,17-18,23,27H,6-8,11-13,16,19-22,24-26H2,1-5H3,(H,42,43). The number of halogens is 1. The molecule has 11 heteroatoms. The van der Waals surface area contributed by atoms with E-state index >= 15 is 4.39 Å². The topological polar surface area (TPSA) is 100 Å². The largest absolute Gasteiger partial charge is 0.377 e. The number of piperidine rings is 1. The number of aryl methyl sites for hydroxylation is 1. The predicted octanol–water partition coefficient (Wildman–Crippen LogP) is 8.82. The van der Waals surface area contributed by atoms with Crippen LogP contribution in [0, 0.1) is 13.8 Å². The highest BCUT2D eigenvalue weighted by atomic mass is 32.2. The van der Waals surface area contributed by atoms with Crippen LogP contribution in [-0.4, -0.2) is 64.0 Å². The lowest BCUT2D eigenvalue weighted by Crippen LogP contribution is -2.53. The molecule has 1 saturated heterocycles. The number of aromatic nitrogens is 1. The summed E-state index contributed by atoms with van der Waals surface area (Å²) in [4.78, 5) is 35.6. The van der Waals surface area contributed by atoms with Gasteiger partial charge in [0.05, 0.1) is 18.7 Å². The second kappa shape index (κ2) is 17.0. The molecule has 270 valence electrons. The number of nitrogens with zero attached hydrogens (tertiary/aromatic N) is 4. The Morgan fingerprint density at radius 3 is 2.62 bits per heavy atom. The number of amidine groups is 1. The second-order valence-corrected chi connectivity index (χ2v) is 14.8. The van der Waals surface area contributed by atoms with Gasteiger partial charge in [-0.15, -0.1) is 0 Å². The van der Waals surface area contributed by atoms with Crippen molar-refractivity contribution < 1.29 is 23.2 Å². The molecule has 2 aliphatic rings. The van der Waals surface area contributed by atoms with Crippen LogP contribution in [0.25, 0.3) is 11.1 Å². The number of nitrogens with one attached hydrogen (secondary N) is 1. The highest BCUT2D eigenvalue weighted by molar-refractivity contribution is 8.00.